The summed E-state index contributed by atoms with van der Waals surface area (Å²) in [5, 5.41) is 9.17. The van der Waals surface area contributed by atoms with E-state index in [1.807, 2.05) is 0 Å². The van der Waals surface area contributed by atoms with Crippen molar-refractivity contribution in [2.24, 2.45) is 5.92 Å². The van der Waals surface area contributed by atoms with E-state index in [1.54, 1.807) is 0 Å². The first-order valence-corrected chi connectivity index (χ1v) is 4.28. The summed E-state index contributed by atoms with van der Waals surface area (Å²) in [6, 6.07) is 0. The SMILES string of the molecule is O=[N+]([O-])OC[C@@H]1CO[C@@H]2CCO[C@H]12. The molecule has 6 heteroatoms. The molecule has 74 valence electrons. The fourth-order valence-corrected chi connectivity index (χ4v) is 1.85. The molecule has 0 bridgehead atoms. The van der Waals surface area contributed by atoms with Crippen LogP contribution in [0.3, 0.4) is 0 Å². The molecule has 2 saturated heterocycles. The molecule has 13 heavy (non-hydrogen) atoms. The van der Waals surface area contributed by atoms with Crippen LogP contribution < -0.4 is 0 Å². The van der Waals surface area contributed by atoms with Crippen LogP contribution in [0.5, 0.6) is 0 Å². The Balaban J connectivity index is 1.83. The van der Waals surface area contributed by atoms with Crippen molar-refractivity contribution in [2.75, 3.05) is 19.8 Å². The predicted molar refractivity (Wildman–Crippen MR) is 40.5 cm³/mol. The average molecular weight is 189 g/mol. The minimum Gasteiger partial charge on any atom is -0.375 e. The van der Waals surface area contributed by atoms with Crippen molar-refractivity contribution in [3.63, 3.8) is 0 Å². The van der Waals surface area contributed by atoms with Gasteiger partial charge in [-0.05, 0) is 6.42 Å². The van der Waals surface area contributed by atoms with Crippen LogP contribution in [0.4, 0.5) is 0 Å². The lowest BCUT2D eigenvalue weighted by Gasteiger charge is -2.13. The maximum atomic E-state index is 9.95. The Labute approximate surface area is 74.9 Å². The standard InChI is InChI=1S/C7H11NO5/c9-8(10)13-4-5-3-12-6-1-2-11-7(5)6/h5-7H,1-4H2/t5-,6+,7+/m0/s1. The van der Waals surface area contributed by atoms with Gasteiger partial charge in [0.1, 0.15) is 6.61 Å². The highest BCUT2D eigenvalue weighted by Gasteiger charge is 2.41. The molecule has 0 N–H and O–H groups in total. The Bertz CT molecular complexity index is 209. The first-order chi connectivity index (χ1) is 6.27. The van der Waals surface area contributed by atoms with E-state index in [4.69, 9.17) is 9.47 Å². The Kier molecular flexibility index (Phi) is 2.32. The molecule has 0 radical (unpaired) electrons. The molecule has 0 spiro atoms. The second-order valence-electron chi connectivity index (χ2n) is 3.28. The van der Waals surface area contributed by atoms with Crippen LogP contribution in [0.25, 0.3) is 0 Å². The number of rotatable bonds is 3. The molecule has 0 saturated carbocycles. The molecule has 0 aromatic rings. The van der Waals surface area contributed by atoms with Crippen molar-refractivity contribution in [3.8, 4) is 0 Å². The summed E-state index contributed by atoms with van der Waals surface area (Å²) in [6.45, 7) is 1.27. The van der Waals surface area contributed by atoms with Crippen molar-refractivity contribution >= 4 is 0 Å². The molecular weight excluding hydrogens is 178 g/mol. The minimum atomic E-state index is -0.776. The van der Waals surface area contributed by atoms with Gasteiger partial charge < -0.3 is 14.3 Å². The van der Waals surface area contributed by atoms with Gasteiger partial charge in [0, 0.05) is 12.5 Å². The van der Waals surface area contributed by atoms with Crippen LogP contribution in [0.2, 0.25) is 0 Å². The van der Waals surface area contributed by atoms with E-state index in [0.717, 1.165) is 6.42 Å². The van der Waals surface area contributed by atoms with E-state index < -0.39 is 5.09 Å². The molecule has 0 amide bonds. The lowest BCUT2D eigenvalue weighted by atomic mass is 10.0. The third-order valence-corrected chi connectivity index (χ3v) is 2.46. The molecule has 0 aromatic heterocycles. The van der Waals surface area contributed by atoms with Crippen molar-refractivity contribution in [1.29, 1.82) is 0 Å². The largest absolute Gasteiger partial charge is 0.375 e. The third kappa shape index (κ3) is 1.73. The Morgan fingerprint density at radius 3 is 3.15 bits per heavy atom. The zero-order valence-corrected chi connectivity index (χ0v) is 7.05. The summed E-state index contributed by atoms with van der Waals surface area (Å²) in [5.41, 5.74) is 0. The average Bonchev–Trinajstić information content (AvgIpc) is 2.60. The second kappa shape index (κ2) is 3.47. The first kappa shape index (κ1) is 8.71. The summed E-state index contributed by atoms with van der Waals surface area (Å²) >= 11 is 0. The van der Waals surface area contributed by atoms with Crippen molar-refractivity contribution in [2.45, 2.75) is 18.6 Å². The number of hydrogen-bond acceptors (Lipinski definition) is 5. The normalized spacial score (nSPS) is 37.4. The van der Waals surface area contributed by atoms with Gasteiger partial charge in [-0.25, -0.2) is 0 Å². The maximum Gasteiger partial charge on any atom is 0.294 e. The van der Waals surface area contributed by atoms with Crippen LogP contribution in [0.1, 0.15) is 6.42 Å². The van der Waals surface area contributed by atoms with Crippen LogP contribution in [-0.2, 0) is 14.3 Å². The quantitative estimate of drug-likeness (QED) is 0.461. The lowest BCUT2D eigenvalue weighted by molar-refractivity contribution is -0.759. The third-order valence-electron chi connectivity index (χ3n) is 2.46. The highest BCUT2D eigenvalue weighted by molar-refractivity contribution is 4.88. The Morgan fingerprint density at radius 2 is 2.38 bits per heavy atom. The number of nitrogens with zero attached hydrogens (tertiary/aromatic N) is 1. The molecule has 2 fully saturated rings. The molecule has 0 aromatic carbocycles. The molecule has 2 aliphatic rings. The molecule has 0 unspecified atom stereocenters. The van der Waals surface area contributed by atoms with Gasteiger partial charge in [-0.2, -0.15) is 0 Å². The van der Waals surface area contributed by atoms with Crippen molar-refractivity contribution in [1.82, 2.24) is 0 Å². The van der Waals surface area contributed by atoms with Gasteiger partial charge in [-0.3, -0.25) is 0 Å². The maximum absolute atomic E-state index is 9.95. The predicted octanol–water partition coefficient (Wildman–Crippen LogP) is -0.00140. The molecule has 0 aliphatic carbocycles. The van der Waals surface area contributed by atoms with Gasteiger partial charge in [0.15, 0.2) is 0 Å². The van der Waals surface area contributed by atoms with E-state index in [-0.39, 0.29) is 24.7 Å². The number of hydrogen-bond donors (Lipinski definition) is 0. The number of fused-ring (bicyclic) bond motifs is 1. The monoisotopic (exact) mass is 189 g/mol. The van der Waals surface area contributed by atoms with Crippen molar-refractivity contribution in [3.05, 3.63) is 10.1 Å². The molecule has 2 heterocycles. The molecule has 2 aliphatic heterocycles. The van der Waals surface area contributed by atoms with Crippen molar-refractivity contribution < 1.29 is 19.4 Å². The van der Waals surface area contributed by atoms with Gasteiger partial charge in [0.05, 0.1) is 18.8 Å². The van der Waals surface area contributed by atoms with Gasteiger partial charge in [0.2, 0.25) is 0 Å². The lowest BCUT2D eigenvalue weighted by Crippen LogP contribution is -2.27. The summed E-state index contributed by atoms with van der Waals surface area (Å²) in [6.07, 6.45) is 1.01. The smallest absolute Gasteiger partial charge is 0.294 e. The summed E-state index contributed by atoms with van der Waals surface area (Å²) in [7, 11) is 0. The van der Waals surface area contributed by atoms with E-state index in [1.165, 1.54) is 0 Å². The zero-order valence-electron chi connectivity index (χ0n) is 7.05. The van der Waals surface area contributed by atoms with Crippen LogP contribution in [0, 0.1) is 16.0 Å². The van der Waals surface area contributed by atoms with Crippen LogP contribution in [-0.4, -0.2) is 37.1 Å². The van der Waals surface area contributed by atoms with Gasteiger partial charge in [0.25, 0.3) is 5.09 Å². The fourth-order valence-electron chi connectivity index (χ4n) is 1.85. The van der Waals surface area contributed by atoms with Gasteiger partial charge in [-0.1, -0.05) is 0 Å². The molecular formula is C7H11NO5. The topological polar surface area (TPSA) is 70.8 Å². The van der Waals surface area contributed by atoms with Gasteiger partial charge in [-0.15, -0.1) is 10.1 Å². The van der Waals surface area contributed by atoms with E-state index >= 15 is 0 Å². The van der Waals surface area contributed by atoms with E-state index in [9.17, 15) is 10.1 Å². The second-order valence-corrected chi connectivity index (χ2v) is 3.28. The minimum absolute atomic E-state index is 0.0000463. The highest BCUT2D eigenvalue weighted by Crippen LogP contribution is 2.30. The summed E-state index contributed by atoms with van der Waals surface area (Å²) in [4.78, 5) is 14.2. The highest BCUT2D eigenvalue weighted by atomic mass is 16.9. The fraction of sp³-hybridized carbons (Fsp3) is 1.00. The zero-order chi connectivity index (χ0) is 9.26. The van der Waals surface area contributed by atoms with Gasteiger partial charge >= 0.3 is 0 Å². The first-order valence-electron chi connectivity index (χ1n) is 4.28. The Morgan fingerprint density at radius 1 is 1.54 bits per heavy atom. The summed E-state index contributed by atoms with van der Waals surface area (Å²) in [5.74, 6) is 0.0119. The summed E-state index contributed by atoms with van der Waals surface area (Å²) < 4.78 is 10.8. The van der Waals surface area contributed by atoms with Crippen LogP contribution >= 0.6 is 0 Å². The van der Waals surface area contributed by atoms with E-state index in [2.05, 4.69) is 4.84 Å². The van der Waals surface area contributed by atoms with E-state index in [0.29, 0.717) is 13.2 Å². The molecule has 6 nitrogen and oxygen atoms in total. The van der Waals surface area contributed by atoms with Crippen LogP contribution in [0.15, 0.2) is 0 Å². The Hall–Kier alpha value is -0.880. The molecule has 2 rings (SSSR count). The number of ether oxygens (including phenoxy) is 2. The molecule has 3 atom stereocenters.